The number of benzene rings is 3. The number of hydrogen-bond acceptors (Lipinski definition) is 2. The maximum absolute atomic E-state index is 14.3. The van der Waals surface area contributed by atoms with Crippen molar-refractivity contribution in [1.29, 1.82) is 0 Å². The van der Waals surface area contributed by atoms with Crippen molar-refractivity contribution in [1.82, 2.24) is 4.90 Å². The molecule has 0 radical (unpaired) electrons. The molecular weight excluding hydrogens is 470 g/mol. The van der Waals surface area contributed by atoms with Crippen LogP contribution in [0.4, 0.5) is 22.4 Å². The van der Waals surface area contributed by atoms with Crippen molar-refractivity contribution >= 4 is 11.7 Å². The molecule has 0 spiro atoms. The van der Waals surface area contributed by atoms with Crippen LogP contribution in [0, 0.1) is 19.7 Å². The molecule has 1 amide bonds. The van der Waals surface area contributed by atoms with Crippen molar-refractivity contribution in [3.8, 4) is 11.1 Å². The van der Waals surface area contributed by atoms with E-state index in [-0.39, 0.29) is 12.4 Å². The van der Waals surface area contributed by atoms with Crippen molar-refractivity contribution in [3.63, 3.8) is 0 Å². The third kappa shape index (κ3) is 5.01. The van der Waals surface area contributed by atoms with Crippen LogP contribution in [0.2, 0.25) is 0 Å². The number of aryl methyl sites for hydroxylation is 2. The van der Waals surface area contributed by atoms with Crippen molar-refractivity contribution < 1.29 is 27.1 Å². The first-order chi connectivity index (χ1) is 16.8. The molecule has 0 bridgehead atoms. The summed E-state index contributed by atoms with van der Waals surface area (Å²) in [7, 11) is 0. The van der Waals surface area contributed by atoms with Gasteiger partial charge in [0.1, 0.15) is 11.9 Å². The standard InChI is InChI=1S/C29H27F4NO2/c1-16(2)25-14-20(7-9-26(25)30)24-8-6-17(3)10-22(24)15-34-19(5)27(36-28(34)35)21-11-18(4)12-23(13-21)29(31,32)33/h6-14,19,27H,1,15H2,2-5H3/t19-,27-/m0/s1. The lowest BCUT2D eigenvalue weighted by molar-refractivity contribution is -0.137. The van der Waals surface area contributed by atoms with Gasteiger partial charge in [-0.15, -0.1) is 0 Å². The van der Waals surface area contributed by atoms with Crippen LogP contribution in [0.5, 0.6) is 0 Å². The quantitative estimate of drug-likeness (QED) is 0.332. The zero-order valence-corrected chi connectivity index (χ0v) is 20.5. The van der Waals surface area contributed by atoms with Crippen LogP contribution < -0.4 is 0 Å². The molecule has 1 aliphatic rings. The third-order valence-corrected chi connectivity index (χ3v) is 6.49. The minimum Gasteiger partial charge on any atom is -0.439 e. The summed E-state index contributed by atoms with van der Waals surface area (Å²) < 4.78 is 59.9. The molecular formula is C29H27F4NO2. The van der Waals surface area contributed by atoms with Gasteiger partial charge in [-0.3, -0.25) is 4.90 Å². The first kappa shape index (κ1) is 25.5. The lowest BCUT2D eigenvalue weighted by Gasteiger charge is -2.23. The number of carbonyl (C=O) groups excluding carboxylic acids is 1. The fraction of sp³-hybridized carbons (Fsp3) is 0.276. The third-order valence-electron chi connectivity index (χ3n) is 6.49. The van der Waals surface area contributed by atoms with Gasteiger partial charge in [0.15, 0.2) is 0 Å². The van der Waals surface area contributed by atoms with Gasteiger partial charge >= 0.3 is 12.3 Å². The number of rotatable bonds is 5. The van der Waals surface area contributed by atoms with Crippen LogP contribution >= 0.6 is 0 Å². The number of amides is 1. The highest BCUT2D eigenvalue weighted by atomic mass is 19.4. The molecule has 4 rings (SSSR count). The summed E-state index contributed by atoms with van der Waals surface area (Å²) >= 11 is 0. The molecule has 36 heavy (non-hydrogen) atoms. The number of nitrogens with zero attached hydrogens (tertiary/aromatic N) is 1. The molecule has 0 aromatic heterocycles. The van der Waals surface area contributed by atoms with E-state index in [4.69, 9.17) is 4.74 Å². The highest BCUT2D eigenvalue weighted by molar-refractivity contribution is 5.75. The molecule has 1 saturated heterocycles. The Balaban J connectivity index is 1.68. The summed E-state index contributed by atoms with van der Waals surface area (Å²) in [6, 6.07) is 13.8. The smallest absolute Gasteiger partial charge is 0.416 e. The zero-order chi connectivity index (χ0) is 26.4. The van der Waals surface area contributed by atoms with Gasteiger partial charge in [0.2, 0.25) is 0 Å². The highest BCUT2D eigenvalue weighted by Gasteiger charge is 2.41. The van der Waals surface area contributed by atoms with E-state index >= 15 is 0 Å². The Morgan fingerprint density at radius 3 is 2.42 bits per heavy atom. The summed E-state index contributed by atoms with van der Waals surface area (Å²) in [5.74, 6) is -0.365. The topological polar surface area (TPSA) is 29.5 Å². The van der Waals surface area contributed by atoms with Crippen molar-refractivity contribution in [2.75, 3.05) is 0 Å². The number of carbonyl (C=O) groups is 1. The van der Waals surface area contributed by atoms with E-state index in [1.165, 1.54) is 11.0 Å². The maximum Gasteiger partial charge on any atom is 0.416 e. The van der Waals surface area contributed by atoms with Crippen LogP contribution in [0.3, 0.4) is 0 Å². The molecule has 1 aliphatic heterocycles. The SMILES string of the molecule is C=C(C)c1cc(-c2ccc(C)cc2CN2C(=O)O[C@H](c3cc(C)cc(C(F)(F)F)c3)[C@@H]2C)ccc1F. The molecule has 0 unspecified atom stereocenters. The van der Waals surface area contributed by atoms with Crippen LogP contribution in [0.1, 0.15) is 53.3 Å². The van der Waals surface area contributed by atoms with Gasteiger partial charge < -0.3 is 4.74 Å². The summed E-state index contributed by atoms with van der Waals surface area (Å²) in [6.45, 7) is 11.0. The number of ether oxygens (including phenoxy) is 1. The van der Waals surface area contributed by atoms with E-state index in [0.717, 1.165) is 34.4 Å². The lowest BCUT2D eigenvalue weighted by atomic mass is 9.94. The Bertz CT molecular complexity index is 1350. The van der Waals surface area contributed by atoms with Crippen LogP contribution in [-0.4, -0.2) is 17.0 Å². The van der Waals surface area contributed by atoms with Crippen LogP contribution in [0.15, 0.2) is 61.2 Å². The second-order valence-corrected chi connectivity index (χ2v) is 9.44. The molecule has 188 valence electrons. The molecule has 1 heterocycles. The van der Waals surface area contributed by atoms with Gasteiger partial charge in [0.25, 0.3) is 0 Å². The van der Waals surface area contributed by atoms with Crippen LogP contribution in [0.25, 0.3) is 16.7 Å². The van der Waals surface area contributed by atoms with Crippen molar-refractivity contribution in [2.24, 2.45) is 0 Å². The normalized spacial score (nSPS) is 17.9. The van der Waals surface area contributed by atoms with Gasteiger partial charge in [0, 0.05) is 5.56 Å². The zero-order valence-electron chi connectivity index (χ0n) is 20.5. The number of hydrogen-bond donors (Lipinski definition) is 0. The molecule has 2 atom stereocenters. The Kier molecular flexibility index (Phi) is 6.69. The van der Waals surface area contributed by atoms with E-state index in [0.29, 0.717) is 22.3 Å². The number of allylic oxidation sites excluding steroid dienone is 1. The molecule has 3 aromatic carbocycles. The average molecular weight is 498 g/mol. The van der Waals surface area contributed by atoms with E-state index in [1.807, 2.05) is 25.1 Å². The molecule has 1 fully saturated rings. The second kappa shape index (κ2) is 9.45. The van der Waals surface area contributed by atoms with Gasteiger partial charge in [-0.2, -0.15) is 13.2 Å². The fourth-order valence-electron chi connectivity index (χ4n) is 4.64. The maximum atomic E-state index is 14.3. The summed E-state index contributed by atoms with van der Waals surface area (Å²) in [6.07, 6.45) is -5.94. The first-order valence-corrected chi connectivity index (χ1v) is 11.6. The molecule has 0 saturated carbocycles. The van der Waals surface area contributed by atoms with E-state index in [1.54, 1.807) is 39.0 Å². The number of cyclic esters (lactones) is 1. The molecule has 7 heteroatoms. The van der Waals surface area contributed by atoms with E-state index in [9.17, 15) is 22.4 Å². The largest absolute Gasteiger partial charge is 0.439 e. The van der Waals surface area contributed by atoms with Crippen LogP contribution in [-0.2, 0) is 17.5 Å². The Labute approximate surface area is 208 Å². The Hall–Kier alpha value is -3.61. The fourth-order valence-corrected chi connectivity index (χ4v) is 4.64. The number of halogens is 4. The predicted octanol–water partition coefficient (Wildman–Crippen LogP) is 8.24. The van der Waals surface area contributed by atoms with Gasteiger partial charge in [-0.1, -0.05) is 48.0 Å². The first-order valence-electron chi connectivity index (χ1n) is 11.6. The molecule has 0 aliphatic carbocycles. The Morgan fingerprint density at radius 1 is 1.03 bits per heavy atom. The minimum atomic E-state index is -4.50. The second-order valence-electron chi connectivity index (χ2n) is 9.44. The number of alkyl halides is 3. The predicted molar refractivity (Wildman–Crippen MR) is 132 cm³/mol. The molecule has 3 nitrogen and oxygen atoms in total. The summed E-state index contributed by atoms with van der Waals surface area (Å²) in [5.41, 5.74) is 4.36. The van der Waals surface area contributed by atoms with Gasteiger partial charge in [0.05, 0.1) is 18.2 Å². The molecule has 3 aromatic rings. The highest BCUT2D eigenvalue weighted by Crippen LogP contribution is 2.38. The summed E-state index contributed by atoms with van der Waals surface area (Å²) in [5, 5.41) is 0. The summed E-state index contributed by atoms with van der Waals surface area (Å²) in [4.78, 5) is 14.4. The van der Waals surface area contributed by atoms with Gasteiger partial charge in [-0.25, -0.2) is 9.18 Å². The minimum absolute atomic E-state index is 0.186. The van der Waals surface area contributed by atoms with Crippen molar-refractivity contribution in [3.05, 3.63) is 100 Å². The van der Waals surface area contributed by atoms with Gasteiger partial charge in [-0.05, 0) is 79.8 Å². The molecule has 0 N–H and O–H groups in total. The van der Waals surface area contributed by atoms with Crippen molar-refractivity contribution in [2.45, 2.75) is 52.6 Å². The van der Waals surface area contributed by atoms with E-state index < -0.39 is 30.0 Å². The monoisotopic (exact) mass is 497 g/mol. The Morgan fingerprint density at radius 2 is 1.75 bits per heavy atom. The average Bonchev–Trinajstić information content (AvgIpc) is 3.07. The lowest BCUT2D eigenvalue weighted by Crippen LogP contribution is -2.31. The van der Waals surface area contributed by atoms with E-state index in [2.05, 4.69) is 6.58 Å².